The van der Waals surface area contributed by atoms with Gasteiger partial charge < -0.3 is 5.73 Å². The minimum absolute atomic E-state index is 0.237. The largest absolute Gasteiger partial charge is 0.325 e. The number of rotatable bonds is 6. The Morgan fingerprint density at radius 1 is 1.25 bits per heavy atom. The van der Waals surface area contributed by atoms with Crippen molar-refractivity contribution in [3.8, 4) is 0 Å². The summed E-state index contributed by atoms with van der Waals surface area (Å²) >= 11 is 0. The molecule has 0 radical (unpaired) electrons. The van der Waals surface area contributed by atoms with Crippen LogP contribution in [0.1, 0.15) is 36.7 Å². The minimum atomic E-state index is -0.237. The Bertz CT molecular complexity index is 572. The number of nitrogens with two attached hydrogens (primary N) is 1. The third-order valence-corrected chi connectivity index (χ3v) is 3.07. The molecular weight excluding hydrogens is 255 g/mol. The lowest BCUT2D eigenvalue weighted by Gasteiger charge is -2.03. The molecule has 1 aromatic carbocycles. The maximum Gasteiger partial charge on any atom is 0.123 e. The fourth-order valence-electron chi connectivity index (χ4n) is 1.91. The molecule has 2 N–H and O–H groups in total. The van der Waals surface area contributed by atoms with E-state index in [0.717, 1.165) is 36.3 Å². The van der Waals surface area contributed by atoms with Crippen LogP contribution in [0.2, 0.25) is 0 Å². The van der Waals surface area contributed by atoms with Crippen LogP contribution in [0, 0.1) is 5.82 Å². The van der Waals surface area contributed by atoms with Crippen LogP contribution >= 0.6 is 0 Å². The number of hydrogen-bond donors (Lipinski definition) is 1. The van der Waals surface area contributed by atoms with Crippen LogP contribution in [0.4, 0.5) is 4.39 Å². The first-order valence-electron chi connectivity index (χ1n) is 6.80. The first kappa shape index (κ1) is 14.4. The molecule has 2 aromatic rings. The maximum atomic E-state index is 12.9. The van der Waals surface area contributed by atoms with Gasteiger partial charge in [0.05, 0.1) is 5.69 Å². The smallest absolute Gasteiger partial charge is 0.123 e. The van der Waals surface area contributed by atoms with Gasteiger partial charge in [-0.2, -0.15) is 0 Å². The van der Waals surface area contributed by atoms with Gasteiger partial charge in [-0.25, -0.2) is 9.07 Å². The van der Waals surface area contributed by atoms with E-state index >= 15 is 0 Å². The Morgan fingerprint density at radius 3 is 2.65 bits per heavy atom. The zero-order valence-corrected chi connectivity index (χ0v) is 11.6. The van der Waals surface area contributed by atoms with Crippen LogP contribution in [0.15, 0.2) is 24.3 Å². The lowest BCUT2D eigenvalue weighted by Crippen LogP contribution is -2.04. The third-order valence-electron chi connectivity index (χ3n) is 3.07. The molecule has 0 unspecified atom stereocenters. The van der Waals surface area contributed by atoms with Gasteiger partial charge in [0.15, 0.2) is 0 Å². The van der Waals surface area contributed by atoms with Gasteiger partial charge in [0.2, 0.25) is 0 Å². The maximum absolute atomic E-state index is 12.9. The molecule has 4 nitrogen and oxygen atoms in total. The number of nitrogens with zero attached hydrogens (tertiary/aromatic N) is 3. The average molecular weight is 274 g/mol. The number of aromatic nitrogens is 3. The summed E-state index contributed by atoms with van der Waals surface area (Å²) in [6, 6.07) is 6.34. The van der Waals surface area contributed by atoms with Crippen LogP contribution in [0.3, 0.4) is 0 Å². The summed E-state index contributed by atoms with van der Waals surface area (Å²) in [5, 5.41) is 8.22. The fourth-order valence-corrected chi connectivity index (χ4v) is 1.91. The van der Waals surface area contributed by atoms with E-state index in [1.807, 2.05) is 16.8 Å². The van der Waals surface area contributed by atoms with E-state index in [4.69, 9.17) is 5.73 Å². The van der Waals surface area contributed by atoms with Crippen molar-refractivity contribution < 1.29 is 4.39 Å². The fraction of sp³-hybridized carbons (Fsp3) is 0.333. The molecule has 0 aliphatic heterocycles. The van der Waals surface area contributed by atoms with Gasteiger partial charge in [0.1, 0.15) is 11.5 Å². The van der Waals surface area contributed by atoms with Gasteiger partial charge in [-0.05, 0) is 30.2 Å². The summed E-state index contributed by atoms with van der Waals surface area (Å²) in [5.74, 6) is -0.237. The van der Waals surface area contributed by atoms with E-state index in [0.29, 0.717) is 6.54 Å². The van der Waals surface area contributed by atoms with Crippen molar-refractivity contribution >= 4 is 12.2 Å². The zero-order chi connectivity index (χ0) is 14.4. The van der Waals surface area contributed by atoms with E-state index in [1.54, 1.807) is 12.1 Å². The molecular formula is C15H19FN4. The molecule has 0 aliphatic carbocycles. The SMILES string of the molecule is CCCCn1nnc(CN)c1/C=C/c1ccc(F)cc1. The van der Waals surface area contributed by atoms with Crippen molar-refractivity contribution in [2.24, 2.45) is 5.73 Å². The van der Waals surface area contributed by atoms with Crippen LogP contribution < -0.4 is 5.73 Å². The molecule has 0 aliphatic rings. The summed E-state index contributed by atoms with van der Waals surface area (Å²) in [5.41, 5.74) is 8.31. The van der Waals surface area contributed by atoms with E-state index in [2.05, 4.69) is 17.2 Å². The van der Waals surface area contributed by atoms with Crippen molar-refractivity contribution in [3.63, 3.8) is 0 Å². The molecule has 106 valence electrons. The Hall–Kier alpha value is -2.01. The molecule has 0 atom stereocenters. The van der Waals surface area contributed by atoms with Crippen molar-refractivity contribution in [2.75, 3.05) is 0 Å². The molecule has 0 saturated heterocycles. The lowest BCUT2D eigenvalue weighted by atomic mass is 10.2. The standard InChI is InChI=1S/C15H19FN4/c1-2-3-10-20-15(14(11-17)18-19-20)9-6-12-4-7-13(16)8-5-12/h4-9H,2-3,10-11,17H2,1H3/b9-6+. The number of benzene rings is 1. The second-order valence-corrected chi connectivity index (χ2v) is 4.59. The highest BCUT2D eigenvalue weighted by molar-refractivity contribution is 5.68. The highest BCUT2D eigenvalue weighted by atomic mass is 19.1. The third kappa shape index (κ3) is 3.51. The Morgan fingerprint density at radius 2 is 2.00 bits per heavy atom. The molecule has 20 heavy (non-hydrogen) atoms. The first-order valence-corrected chi connectivity index (χ1v) is 6.80. The number of hydrogen-bond acceptors (Lipinski definition) is 3. The molecule has 0 amide bonds. The summed E-state index contributed by atoms with van der Waals surface area (Å²) in [7, 11) is 0. The van der Waals surface area contributed by atoms with Gasteiger partial charge in [-0.1, -0.05) is 36.8 Å². The van der Waals surface area contributed by atoms with Gasteiger partial charge in [-0.3, -0.25) is 0 Å². The van der Waals surface area contributed by atoms with E-state index in [-0.39, 0.29) is 5.82 Å². The molecule has 2 rings (SSSR count). The van der Waals surface area contributed by atoms with Crippen molar-refractivity contribution in [3.05, 3.63) is 47.0 Å². The average Bonchev–Trinajstić information content (AvgIpc) is 2.86. The first-order chi connectivity index (χ1) is 9.74. The van der Waals surface area contributed by atoms with E-state index < -0.39 is 0 Å². The Labute approximate surface area is 118 Å². The topological polar surface area (TPSA) is 56.7 Å². The molecule has 5 heteroatoms. The van der Waals surface area contributed by atoms with Gasteiger partial charge in [0.25, 0.3) is 0 Å². The second kappa shape index (κ2) is 6.96. The van der Waals surface area contributed by atoms with Crippen LogP contribution in [0.5, 0.6) is 0 Å². The monoisotopic (exact) mass is 274 g/mol. The molecule has 1 aromatic heterocycles. The highest BCUT2D eigenvalue weighted by Gasteiger charge is 2.08. The number of aryl methyl sites for hydroxylation is 1. The summed E-state index contributed by atoms with van der Waals surface area (Å²) in [6.07, 6.45) is 5.99. The van der Waals surface area contributed by atoms with E-state index in [1.165, 1.54) is 12.1 Å². The molecule has 0 bridgehead atoms. The Kier molecular flexibility index (Phi) is 5.01. The van der Waals surface area contributed by atoms with Crippen LogP contribution in [-0.2, 0) is 13.1 Å². The van der Waals surface area contributed by atoms with Gasteiger partial charge in [0, 0.05) is 13.1 Å². The predicted octanol–water partition coefficient (Wildman–Crippen LogP) is 2.85. The summed E-state index contributed by atoms with van der Waals surface area (Å²) in [6.45, 7) is 3.32. The lowest BCUT2D eigenvalue weighted by molar-refractivity contribution is 0.549. The minimum Gasteiger partial charge on any atom is -0.325 e. The van der Waals surface area contributed by atoms with Crippen molar-refractivity contribution in [2.45, 2.75) is 32.9 Å². The Balaban J connectivity index is 2.22. The van der Waals surface area contributed by atoms with Crippen molar-refractivity contribution in [1.82, 2.24) is 15.0 Å². The molecule has 0 fully saturated rings. The van der Waals surface area contributed by atoms with Gasteiger partial charge >= 0.3 is 0 Å². The summed E-state index contributed by atoms with van der Waals surface area (Å²) < 4.78 is 14.7. The molecule has 1 heterocycles. The highest BCUT2D eigenvalue weighted by Crippen LogP contribution is 2.12. The summed E-state index contributed by atoms with van der Waals surface area (Å²) in [4.78, 5) is 0. The van der Waals surface area contributed by atoms with Gasteiger partial charge in [-0.15, -0.1) is 5.10 Å². The normalized spacial score (nSPS) is 11.3. The van der Waals surface area contributed by atoms with Crippen molar-refractivity contribution in [1.29, 1.82) is 0 Å². The molecule has 0 saturated carbocycles. The van der Waals surface area contributed by atoms with Crippen LogP contribution in [-0.4, -0.2) is 15.0 Å². The number of unbranched alkanes of at least 4 members (excludes halogenated alkanes) is 1. The quantitative estimate of drug-likeness (QED) is 0.881. The van der Waals surface area contributed by atoms with E-state index in [9.17, 15) is 4.39 Å². The van der Waals surface area contributed by atoms with Crippen LogP contribution in [0.25, 0.3) is 12.2 Å². The second-order valence-electron chi connectivity index (χ2n) is 4.59. The number of halogens is 1. The predicted molar refractivity (Wildman–Crippen MR) is 78.1 cm³/mol. The zero-order valence-electron chi connectivity index (χ0n) is 11.6. The molecule has 0 spiro atoms.